The number of halogens is 1. The van der Waals surface area contributed by atoms with E-state index in [1.165, 1.54) is 12.8 Å². The topological polar surface area (TPSA) is 59.0 Å². The molecule has 0 spiro atoms. The number of carbonyl (C=O) groups excluding carboxylic acids is 1. The van der Waals surface area contributed by atoms with Gasteiger partial charge in [-0.05, 0) is 45.2 Å². The maximum atomic E-state index is 11.9. The fraction of sp³-hybridized carbons (Fsp3) is 0.692. The summed E-state index contributed by atoms with van der Waals surface area (Å²) in [6.07, 6.45) is 5.21. The molecule has 0 radical (unpaired) electrons. The summed E-state index contributed by atoms with van der Waals surface area (Å²) < 4.78 is 1.72. The Morgan fingerprint density at radius 2 is 2.42 bits per heavy atom. The van der Waals surface area contributed by atoms with Crippen molar-refractivity contribution in [2.75, 3.05) is 19.6 Å². The molecule has 108 valence electrons. The molecule has 0 saturated carbocycles. The minimum Gasteiger partial charge on any atom is -0.352 e. The molecule has 0 bridgehead atoms. The number of carbonyl (C=O) groups is 1. The van der Waals surface area contributed by atoms with Gasteiger partial charge in [0.2, 0.25) is 0 Å². The van der Waals surface area contributed by atoms with Gasteiger partial charge in [0, 0.05) is 19.3 Å². The van der Waals surface area contributed by atoms with Crippen LogP contribution in [0.15, 0.2) is 6.20 Å². The maximum absolute atomic E-state index is 11.9. The normalized spacial score (nSPS) is 18.7. The van der Waals surface area contributed by atoms with E-state index in [4.69, 9.17) is 0 Å². The van der Waals surface area contributed by atoms with E-state index >= 15 is 0 Å². The van der Waals surface area contributed by atoms with Crippen LogP contribution < -0.4 is 10.6 Å². The number of piperidine rings is 1. The van der Waals surface area contributed by atoms with Gasteiger partial charge >= 0.3 is 0 Å². The first-order valence-corrected chi connectivity index (χ1v) is 6.66. The van der Waals surface area contributed by atoms with Gasteiger partial charge in [0.1, 0.15) is 0 Å². The highest BCUT2D eigenvalue weighted by Gasteiger charge is 2.15. The van der Waals surface area contributed by atoms with Gasteiger partial charge in [-0.1, -0.05) is 0 Å². The van der Waals surface area contributed by atoms with Crippen LogP contribution in [0.4, 0.5) is 0 Å². The number of nitrogens with zero attached hydrogens (tertiary/aromatic N) is 2. The molecule has 1 fully saturated rings. The fourth-order valence-corrected chi connectivity index (χ4v) is 2.38. The lowest BCUT2D eigenvalue weighted by molar-refractivity contribution is 0.0950. The molecule has 1 unspecified atom stereocenters. The van der Waals surface area contributed by atoms with Crippen molar-refractivity contribution < 1.29 is 4.79 Å². The molecule has 1 aromatic heterocycles. The Kier molecular flexibility index (Phi) is 6.31. The Morgan fingerprint density at radius 3 is 3.00 bits per heavy atom. The van der Waals surface area contributed by atoms with Crippen molar-refractivity contribution >= 4 is 18.3 Å². The van der Waals surface area contributed by atoms with E-state index in [-0.39, 0.29) is 18.3 Å². The van der Waals surface area contributed by atoms with Gasteiger partial charge in [0.15, 0.2) is 0 Å². The molecule has 2 rings (SSSR count). The fourth-order valence-electron chi connectivity index (χ4n) is 2.38. The first-order valence-electron chi connectivity index (χ1n) is 6.66. The van der Waals surface area contributed by atoms with Crippen molar-refractivity contribution in [2.24, 2.45) is 13.0 Å². The molecule has 5 nitrogen and oxygen atoms in total. The Labute approximate surface area is 120 Å². The Balaban J connectivity index is 0.00000180. The van der Waals surface area contributed by atoms with Gasteiger partial charge in [0.25, 0.3) is 5.91 Å². The molecule has 1 amide bonds. The monoisotopic (exact) mass is 286 g/mol. The molecule has 19 heavy (non-hydrogen) atoms. The lowest BCUT2D eigenvalue weighted by atomic mass is 9.96. The second-order valence-corrected chi connectivity index (χ2v) is 5.02. The molecule has 2 heterocycles. The summed E-state index contributed by atoms with van der Waals surface area (Å²) in [4.78, 5) is 11.9. The van der Waals surface area contributed by atoms with Crippen molar-refractivity contribution in [1.29, 1.82) is 0 Å². The minimum absolute atomic E-state index is 0. The lowest BCUT2D eigenvalue weighted by Gasteiger charge is -2.22. The van der Waals surface area contributed by atoms with Crippen molar-refractivity contribution in [2.45, 2.75) is 26.2 Å². The third kappa shape index (κ3) is 4.21. The summed E-state index contributed by atoms with van der Waals surface area (Å²) in [6.45, 7) is 4.88. The van der Waals surface area contributed by atoms with Crippen LogP contribution in [0.25, 0.3) is 0 Å². The van der Waals surface area contributed by atoms with Gasteiger partial charge in [-0.3, -0.25) is 9.48 Å². The second-order valence-electron chi connectivity index (χ2n) is 5.02. The van der Waals surface area contributed by atoms with Crippen LogP contribution in [-0.2, 0) is 7.05 Å². The van der Waals surface area contributed by atoms with Crippen LogP contribution in [-0.4, -0.2) is 35.3 Å². The molecule has 1 aromatic rings. The first-order chi connectivity index (χ1) is 8.68. The highest BCUT2D eigenvalue weighted by atomic mass is 35.5. The van der Waals surface area contributed by atoms with E-state index in [0.29, 0.717) is 11.5 Å². The van der Waals surface area contributed by atoms with Crippen molar-refractivity contribution in [1.82, 2.24) is 20.4 Å². The molecule has 1 aliphatic heterocycles. The minimum atomic E-state index is -0.00984. The standard InChI is InChI=1S/C13H22N4O.ClH/c1-10-12(9-16-17(10)2)13(18)15-7-5-11-4-3-6-14-8-11;/h9,11,14H,3-8H2,1-2H3,(H,15,18);1H. The number of rotatable bonds is 4. The smallest absolute Gasteiger partial charge is 0.254 e. The van der Waals surface area contributed by atoms with Gasteiger partial charge in [-0.25, -0.2) is 0 Å². The van der Waals surface area contributed by atoms with E-state index < -0.39 is 0 Å². The van der Waals surface area contributed by atoms with E-state index in [0.717, 1.165) is 31.7 Å². The summed E-state index contributed by atoms with van der Waals surface area (Å²) in [7, 11) is 1.85. The van der Waals surface area contributed by atoms with E-state index in [2.05, 4.69) is 15.7 Å². The Morgan fingerprint density at radius 1 is 1.63 bits per heavy atom. The number of aryl methyl sites for hydroxylation is 1. The number of hydrogen-bond donors (Lipinski definition) is 2. The Hall–Kier alpha value is -1.07. The van der Waals surface area contributed by atoms with E-state index in [1.807, 2.05) is 14.0 Å². The Bertz CT molecular complexity index is 413. The van der Waals surface area contributed by atoms with Gasteiger partial charge in [-0.2, -0.15) is 5.10 Å². The molecule has 0 aromatic carbocycles. The average Bonchev–Trinajstić information content (AvgIpc) is 2.71. The van der Waals surface area contributed by atoms with Crippen LogP contribution in [0.3, 0.4) is 0 Å². The summed E-state index contributed by atoms with van der Waals surface area (Å²) in [5.41, 5.74) is 1.59. The van der Waals surface area contributed by atoms with Crippen LogP contribution in [0.5, 0.6) is 0 Å². The van der Waals surface area contributed by atoms with Gasteiger partial charge < -0.3 is 10.6 Å². The SMILES string of the molecule is Cc1c(C(=O)NCCC2CCCNC2)cnn1C.Cl. The molecular weight excluding hydrogens is 264 g/mol. The lowest BCUT2D eigenvalue weighted by Crippen LogP contribution is -2.33. The average molecular weight is 287 g/mol. The van der Waals surface area contributed by atoms with Gasteiger partial charge in [-0.15, -0.1) is 12.4 Å². The molecular formula is C13H23ClN4O. The molecule has 1 saturated heterocycles. The van der Waals surface area contributed by atoms with Crippen molar-refractivity contribution in [3.63, 3.8) is 0 Å². The summed E-state index contributed by atoms with van der Waals surface area (Å²) >= 11 is 0. The number of aromatic nitrogens is 2. The van der Waals surface area contributed by atoms with Gasteiger partial charge in [0.05, 0.1) is 11.8 Å². The van der Waals surface area contributed by atoms with Crippen LogP contribution in [0, 0.1) is 12.8 Å². The number of amides is 1. The number of nitrogens with one attached hydrogen (secondary N) is 2. The summed E-state index contributed by atoms with van der Waals surface area (Å²) in [5.74, 6) is 0.693. The third-order valence-corrected chi connectivity index (χ3v) is 3.72. The third-order valence-electron chi connectivity index (χ3n) is 3.72. The first kappa shape index (κ1) is 16.0. The zero-order valence-corrected chi connectivity index (χ0v) is 12.4. The van der Waals surface area contributed by atoms with Crippen LogP contribution >= 0.6 is 12.4 Å². The highest BCUT2D eigenvalue weighted by Crippen LogP contribution is 2.13. The zero-order chi connectivity index (χ0) is 13.0. The maximum Gasteiger partial charge on any atom is 0.254 e. The molecule has 2 N–H and O–H groups in total. The van der Waals surface area contributed by atoms with Crippen molar-refractivity contribution in [3.05, 3.63) is 17.5 Å². The van der Waals surface area contributed by atoms with Crippen LogP contribution in [0.1, 0.15) is 35.3 Å². The highest BCUT2D eigenvalue weighted by molar-refractivity contribution is 5.94. The molecule has 0 aliphatic carbocycles. The van der Waals surface area contributed by atoms with E-state index in [9.17, 15) is 4.79 Å². The molecule has 1 atom stereocenters. The van der Waals surface area contributed by atoms with Crippen LogP contribution in [0.2, 0.25) is 0 Å². The predicted octanol–water partition coefficient (Wildman–Crippen LogP) is 1.27. The zero-order valence-electron chi connectivity index (χ0n) is 11.6. The summed E-state index contributed by atoms with van der Waals surface area (Å²) in [5, 5.41) is 10.5. The quantitative estimate of drug-likeness (QED) is 0.876. The molecule has 1 aliphatic rings. The summed E-state index contributed by atoms with van der Waals surface area (Å²) in [6, 6.07) is 0. The number of hydrogen-bond acceptors (Lipinski definition) is 3. The van der Waals surface area contributed by atoms with E-state index in [1.54, 1.807) is 10.9 Å². The predicted molar refractivity (Wildman–Crippen MR) is 77.7 cm³/mol. The second kappa shape index (κ2) is 7.50. The van der Waals surface area contributed by atoms with Crippen molar-refractivity contribution in [3.8, 4) is 0 Å². The molecule has 6 heteroatoms. The largest absolute Gasteiger partial charge is 0.352 e.